The highest BCUT2D eigenvalue weighted by Crippen LogP contribution is 2.46. The normalized spacial score (nSPS) is 14.5. The van der Waals surface area contributed by atoms with Crippen molar-refractivity contribution in [2.75, 3.05) is 0 Å². The van der Waals surface area contributed by atoms with Gasteiger partial charge in [0.1, 0.15) is 0 Å². The topological polar surface area (TPSA) is 20.2 Å². The van der Waals surface area contributed by atoms with E-state index in [2.05, 4.69) is 6.58 Å². The van der Waals surface area contributed by atoms with Gasteiger partial charge in [-0.1, -0.05) is 6.58 Å². The first-order chi connectivity index (χ1) is 5.44. The van der Waals surface area contributed by atoms with Gasteiger partial charge < -0.3 is 5.11 Å². The first-order valence-corrected chi connectivity index (χ1v) is 2.96. The molecule has 0 saturated carbocycles. The fourth-order valence-electron chi connectivity index (χ4n) is 0.645. The minimum Gasteiger partial charge on any atom is -0.370 e. The maximum absolute atomic E-state index is 11.8. The van der Waals surface area contributed by atoms with Gasteiger partial charge >= 0.3 is 12.4 Å². The lowest BCUT2D eigenvalue weighted by molar-refractivity contribution is -0.351. The Labute approximate surface area is 69.7 Å². The summed E-state index contributed by atoms with van der Waals surface area (Å²) in [6.07, 6.45) is -11.6. The van der Waals surface area contributed by atoms with Crippen LogP contribution in [0.1, 0.15) is 6.92 Å². The monoisotopic (exact) mass is 208 g/mol. The molecule has 0 aromatic carbocycles. The Morgan fingerprint density at radius 3 is 1.23 bits per heavy atom. The van der Waals surface area contributed by atoms with Gasteiger partial charge in [-0.05, 0) is 12.5 Å². The lowest BCUT2D eigenvalue weighted by Crippen LogP contribution is -2.57. The first-order valence-electron chi connectivity index (χ1n) is 2.96. The van der Waals surface area contributed by atoms with Crippen LogP contribution < -0.4 is 0 Å². The molecule has 0 atom stereocenters. The van der Waals surface area contributed by atoms with Crippen molar-refractivity contribution in [2.24, 2.45) is 0 Å². The maximum Gasteiger partial charge on any atom is 0.430 e. The molecule has 0 rings (SSSR count). The molecule has 0 unspecified atom stereocenters. The summed E-state index contributed by atoms with van der Waals surface area (Å²) in [6.45, 7) is 2.93. The van der Waals surface area contributed by atoms with Gasteiger partial charge in [0.05, 0.1) is 0 Å². The van der Waals surface area contributed by atoms with Gasteiger partial charge in [-0.3, -0.25) is 0 Å². The molecule has 0 spiro atoms. The fraction of sp³-hybridized carbons (Fsp3) is 0.667. The summed E-state index contributed by atoms with van der Waals surface area (Å²) in [5, 5.41) is 8.41. The average molecular weight is 208 g/mol. The second-order valence-corrected chi connectivity index (χ2v) is 2.49. The summed E-state index contributed by atoms with van der Waals surface area (Å²) in [4.78, 5) is 0. The molecular formula is C6H6F6O. The molecule has 0 aromatic heterocycles. The Hall–Kier alpha value is -0.720. The Morgan fingerprint density at radius 1 is 1.00 bits per heavy atom. The molecule has 1 nitrogen and oxygen atoms in total. The zero-order chi connectivity index (χ0) is 11.1. The van der Waals surface area contributed by atoms with E-state index in [-0.39, 0.29) is 0 Å². The van der Waals surface area contributed by atoms with Crippen molar-refractivity contribution < 1.29 is 31.4 Å². The highest BCUT2D eigenvalue weighted by molar-refractivity contribution is 5.17. The van der Waals surface area contributed by atoms with Crippen LogP contribution in [0.15, 0.2) is 12.2 Å². The highest BCUT2D eigenvalue weighted by atomic mass is 19.4. The van der Waals surface area contributed by atoms with Crippen molar-refractivity contribution >= 4 is 0 Å². The lowest BCUT2D eigenvalue weighted by atomic mass is 9.95. The molecular weight excluding hydrogens is 202 g/mol. The van der Waals surface area contributed by atoms with Crippen molar-refractivity contribution in [3.63, 3.8) is 0 Å². The fourth-order valence-corrected chi connectivity index (χ4v) is 0.645. The number of hydrogen-bond acceptors (Lipinski definition) is 1. The smallest absolute Gasteiger partial charge is 0.370 e. The predicted molar refractivity (Wildman–Crippen MR) is 31.9 cm³/mol. The van der Waals surface area contributed by atoms with E-state index in [1.807, 2.05) is 0 Å². The van der Waals surface area contributed by atoms with Crippen LogP contribution in [0.3, 0.4) is 0 Å². The zero-order valence-electron chi connectivity index (χ0n) is 6.42. The van der Waals surface area contributed by atoms with Crippen LogP contribution in [0.25, 0.3) is 0 Å². The molecule has 13 heavy (non-hydrogen) atoms. The van der Waals surface area contributed by atoms with E-state index in [0.717, 1.165) is 0 Å². The molecule has 7 heteroatoms. The zero-order valence-corrected chi connectivity index (χ0v) is 6.42. The van der Waals surface area contributed by atoms with Gasteiger partial charge in [-0.25, -0.2) is 0 Å². The third-order valence-electron chi connectivity index (χ3n) is 1.44. The van der Waals surface area contributed by atoms with Crippen molar-refractivity contribution in [2.45, 2.75) is 24.9 Å². The molecule has 0 aliphatic heterocycles. The van der Waals surface area contributed by atoms with Crippen molar-refractivity contribution in [3.8, 4) is 0 Å². The third-order valence-corrected chi connectivity index (χ3v) is 1.44. The Bertz CT molecular complexity index is 198. The molecule has 0 aliphatic rings. The van der Waals surface area contributed by atoms with Crippen LogP contribution in [0.5, 0.6) is 0 Å². The van der Waals surface area contributed by atoms with Crippen LogP contribution in [-0.2, 0) is 0 Å². The van der Waals surface area contributed by atoms with Crippen molar-refractivity contribution in [1.82, 2.24) is 0 Å². The summed E-state index contributed by atoms with van der Waals surface area (Å²) in [5.74, 6) is 0. The number of rotatable bonds is 1. The standard InChI is InChI=1S/C6H6F6O/c1-3(2)4(13,5(7,8)9)6(10,11)12/h13H,1H2,2H3. The Morgan fingerprint density at radius 2 is 1.23 bits per heavy atom. The predicted octanol–water partition coefficient (Wildman–Crippen LogP) is 2.42. The molecule has 0 radical (unpaired) electrons. The molecule has 1 N–H and O–H groups in total. The van der Waals surface area contributed by atoms with Crippen molar-refractivity contribution in [3.05, 3.63) is 12.2 Å². The molecule has 0 aliphatic carbocycles. The SMILES string of the molecule is C=C(C)C(O)(C(F)(F)F)C(F)(F)F. The largest absolute Gasteiger partial charge is 0.430 e. The summed E-state index contributed by atoms with van der Waals surface area (Å²) in [7, 11) is 0. The quantitative estimate of drug-likeness (QED) is 0.518. The Kier molecular flexibility index (Phi) is 2.74. The highest BCUT2D eigenvalue weighted by Gasteiger charge is 2.70. The van der Waals surface area contributed by atoms with E-state index in [0.29, 0.717) is 6.92 Å². The van der Waals surface area contributed by atoms with Crippen LogP contribution in [0.4, 0.5) is 26.3 Å². The number of halogens is 6. The molecule has 0 saturated heterocycles. The van der Waals surface area contributed by atoms with E-state index in [9.17, 15) is 26.3 Å². The van der Waals surface area contributed by atoms with Crippen LogP contribution in [-0.4, -0.2) is 23.1 Å². The van der Waals surface area contributed by atoms with Crippen LogP contribution >= 0.6 is 0 Å². The van der Waals surface area contributed by atoms with E-state index in [1.54, 1.807) is 0 Å². The van der Waals surface area contributed by atoms with E-state index in [4.69, 9.17) is 5.11 Å². The van der Waals surface area contributed by atoms with Crippen LogP contribution in [0.2, 0.25) is 0 Å². The number of alkyl halides is 6. The molecule has 0 aromatic rings. The molecule has 0 heterocycles. The maximum atomic E-state index is 11.8. The molecule has 0 amide bonds. The summed E-state index contributed by atoms with van der Waals surface area (Å²) in [5.41, 5.74) is -6.23. The minimum atomic E-state index is -5.81. The average Bonchev–Trinajstić information content (AvgIpc) is 1.80. The van der Waals surface area contributed by atoms with E-state index in [1.165, 1.54) is 0 Å². The summed E-state index contributed by atoms with van der Waals surface area (Å²) in [6, 6.07) is 0. The van der Waals surface area contributed by atoms with Gasteiger partial charge in [0.15, 0.2) is 0 Å². The molecule has 78 valence electrons. The summed E-state index contributed by atoms with van der Waals surface area (Å²) < 4.78 is 70.9. The molecule has 0 fully saturated rings. The van der Waals surface area contributed by atoms with E-state index >= 15 is 0 Å². The van der Waals surface area contributed by atoms with Gasteiger partial charge in [-0.15, -0.1) is 0 Å². The lowest BCUT2D eigenvalue weighted by Gasteiger charge is -2.32. The minimum absolute atomic E-state index is 0.459. The Balaban J connectivity index is 5.35. The van der Waals surface area contributed by atoms with Gasteiger partial charge in [0.25, 0.3) is 5.60 Å². The van der Waals surface area contributed by atoms with Crippen LogP contribution in [0, 0.1) is 0 Å². The number of hydrogen-bond donors (Lipinski definition) is 1. The third kappa shape index (κ3) is 1.79. The van der Waals surface area contributed by atoms with Crippen molar-refractivity contribution in [1.29, 1.82) is 0 Å². The van der Waals surface area contributed by atoms with Gasteiger partial charge in [0.2, 0.25) is 0 Å². The second-order valence-electron chi connectivity index (χ2n) is 2.49. The molecule has 0 bridgehead atoms. The second kappa shape index (κ2) is 2.90. The van der Waals surface area contributed by atoms with E-state index < -0.39 is 23.5 Å². The van der Waals surface area contributed by atoms with Gasteiger partial charge in [-0.2, -0.15) is 26.3 Å². The number of aliphatic hydroxyl groups is 1. The van der Waals surface area contributed by atoms with Gasteiger partial charge in [0, 0.05) is 0 Å². The first kappa shape index (κ1) is 12.3. The summed E-state index contributed by atoms with van der Waals surface area (Å²) >= 11 is 0.